The van der Waals surface area contributed by atoms with Crippen molar-refractivity contribution in [1.82, 2.24) is 0 Å². The summed E-state index contributed by atoms with van der Waals surface area (Å²) in [6, 6.07) is 5.27. The molecule has 82 valence electrons. The van der Waals surface area contributed by atoms with Crippen LogP contribution in [0.5, 0.6) is 0 Å². The SMILES string of the molecule is Cl.N[C@@H](c1ccsc1)c1ccc(CO)o1. The number of aliphatic hydroxyl groups is 1. The molecule has 5 heteroatoms. The quantitative estimate of drug-likeness (QED) is 0.873. The molecule has 0 aliphatic rings. The van der Waals surface area contributed by atoms with Gasteiger partial charge in [0.1, 0.15) is 18.1 Å². The first kappa shape index (κ1) is 12.3. The number of hydrogen-bond acceptors (Lipinski definition) is 4. The van der Waals surface area contributed by atoms with Gasteiger partial charge in [0.25, 0.3) is 0 Å². The van der Waals surface area contributed by atoms with Crippen LogP contribution in [0.4, 0.5) is 0 Å². The summed E-state index contributed by atoms with van der Waals surface area (Å²) in [4.78, 5) is 0. The first-order valence-electron chi connectivity index (χ1n) is 4.28. The minimum absolute atomic E-state index is 0. The molecular weight excluding hydrogens is 234 g/mol. The lowest BCUT2D eigenvalue weighted by Crippen LogP contribution is -2.09. The lowest BCUT2D eigenvalue weighted by atomic mass is 10.1. The Balaban J connectivity index is 0.00000112. The van der Waals surface area contributed by atoms with Crippen LogP contribution in [0.25, 0.3) is 0 Å². The summed E-state index contributed by atoms with van der Waals surface area (Å²) in [6.45, 7) is -0.0869. The number of rotatable bonds is 3. The number of halogens is 1. The van der Waals surface area contributed by atoms with Crippen molar-refractivity contribution in [3.05, 3.63) is 46.0 Å². The maximum absolute atomic E-state index is 8.83. The minimum Gasteiger partial charge on any atom is -0.462 e. The van der Waals surface area contributed by atoms with Crippen LogP contribution in [0.15, 0.2) is 33.4 Å². The molecule has 0 aliphatic heterocycles. The summed E-state index contributed by atoms with van der Waals surface area (Å²) in [5.74, 6) is 1.23. The van der Waals surface area contributed by atoms with Crippen molar-refractivity contribution in [3.63, 3.8) is 0 Å². The highest BCUT2D eigenvalue weighted by atomic mass is 35.5. The Hall–Kier alpha value is -0.810. The monoisotopic (exact) mass is 245 g/mol. The lowest BCUT2D eigenvalue weighted by molar-refractivity contribution is 0.242. The van der Waals surface area contributed by atoms with Crippen LogP contribution in [-0.4, -0.2) is 5.11 Å². The average molecular weight is 246 g/mol. The number of thiophene rings is 1. The molecule has 3 nitrogen and oxygen atoms in total. The first-order valence-corrected chi connectivity index (χ1v) is 5.22. The molecule has 0 fully saturated rings. The molecule has 2 rings (SSSR count). The fourth-order valence-electron chi connectivity index (χ4n) is 1.26. The highest BCUT2D eigenvalue weighted by molar-refractivity contribution is 7.07. The number of furan rings is 1. The second-order valence-electron chi connectivity index (χ2n) is 3.00. The van der Waals surface area contributed by atoms with Gasteiger partial charge in [-0.1, -0.05) is 0 Å². The number of aliphatic hydroxyl groups excluding tert-OH is 1. The molecule has 15 heavy (non-hydrogen) atoms. The third-order valence-corrected chi connectivity index (χ3v) is 2.75. The predicted molar refractivity (Wildman–Crippen MR) is 62.2 cm³/mol. The number of hydrogen-bond donors (Lipinski definition) is 2. The normalized spacial score (nSPS) is 12.1. The van der Waals surface area contributed by atoms with Crippen molar-refractivity contribution in [2.75, 3.05) is 0 Å². The molecule has 2 heterocycles. The molecule has 0 aromatic carbocycles. The van der Waals surface area contributed by atoms with Gasteiger partial charge in [-0.3, -0.25) is 0 Å². The molecule has 0 spiro atoms. The summed E-state index contributed by atoms with van der Waals surface area (Å²) in [5, 5.41) is 12.8. The molecule has 0 aliphatic carbocycles. The van der Waals surface area contributed by atoms with Gasteiger partial charge < -0.3 is 15.3 Å². The second kappa shape index (κ2) is 5.32. The van der Waals surface area contributed by atoms with E-state index in [1.807, 2.05) is 16.8 Å². The predicted octanol–water partition coefficient (Wildman–Crippen LogP) is 2.30. The molecular formula is C10H12ClNO2S. The highest BCUT2D eigenvalue weighted by Crippen LogP contribution is 2.23. The molecule has 1 atom stereocenters. The summed E-state index contributed by atoms with van der Waals surface area (Å²) in [6.07, 6.45) is 0. The average Bonchev–Trinajstić information content (AvgIpc) is 2.88. The standard InChI is InChI=1S/C10H11NO2S.ClH/c11-10(7-3-4-14-6-7)9-2-1-8(5-12)13-9;/h1-4,6,10,12H,5,11H2;1H/t10-;/m0./s1. The summed E-state index contributed by atoms with van der Waals surface area (Å²) >= 11 is 1.60. The Morgan fingerprint density at radius 3 is 2.73 bits per heavy atom. The molecule has 2 aromatic heterocycles. The molecule has 0 radical (unpaired) electrons. The van der Waals surface area contributed by atoms with E-state index >= 15 is 0 Å². The van der Waals surface area contributed by atoms with Crippen LogP contribution in [-0.2, 0) is 6.61 Å². The van der Waals surface area contributed by atoms with Crippen LogP contribution in [0.1, 0.15) is 23.1 Å². The van der Waals surface area contributed by atoms with Crippen molar-refractivity contribution >= 4 is 23.7 Å². The Morgan fingerprint density at radius 1 is 1.40 bits per heavy atom. The zero-order chi connectivity index (χ0) is 9.97. The number of nitrogens with two attached hydrogens (primary N) is 1. The van der Waals surface area contributed by atoms with Crippen molar-refractivity contribution in [2.24, 2.45) is 5.73 Å². The molecule has 0 saturated carbocycles. The van der Waals surface area contributed by atoms with Crippen LogP contribution in [0, 0.1) is 0 Å². The fraction of sp³-hybridized carbons (Fsp3) is 0.200. The van der Waals surface area contributed by atoms with E-state index in [0.29, 0.717) is 11.5 Å². The van der Waals surface area contributed by atoms with Gasteiger partial charge in [0.2, 0.25) is 0 Å². The summed E-state index contributed by atoms with van der Waals surface area (Å²) in [5.41, 5.74) is 7.00. The van der Waals surface area contributed by atoms with Crippen molar-refractivity contribution < 1.29 is 9.52 Å². The van der Waals surface area contributed by atoms with Crippen LogP contribution < -0.4 is 5.73 Å². The van der Waals surface area contributed by atoms with Crippen molar-refractivity contribution in [3.8, 4) is 0 Å². The Kier molecular flexibility index (Phi) is 4.35. The molecule has 0 bridgehead atoms. The third-order valence-electron chi connectivity index (χ3n) is 2.05. The topological polar surface area (TPSA) is 59.4 Å². The van der Waals surface area contributed by atoms with Gasteiger partial charge in [-0.15, -0.1) is 12.4 Å². The van der Waals surface area contributed by atoms with E-state index in [2.05, 4.69) is 0 Å². The Morgan fingerprint density at radius 2 is 2.20 bits per heavy atom. The molecule has 0 saturated heterocycles. The molecule has 0 amide bonds. The molecule has 0 unspecified atom stereocenters. The van der Waals surface area contributed by atoms with E-state index in [1.165, 1.54) is 0 Å². The zero-order valence-corrected chi connectivity index (χ0v) is 9.55. The van der Waals surface area contributed by atoms with Gasteiger partial charge in [0, 0.05) is 0 Å². The third kappa shape index (κ3) is 2.60. The van der Waals surface area contributed by atoms with E-state index in [0.717, 1.165) is 5.56 Å². The van der Waals surface area contributed by atoms with Crippen LogP contribution in [0.3, 0.4) is 0 Å². The van der Waals surface area contributed by atoms with Gasteiger partial charge in [-0.25, -0.2) is 0 Å². The van der Waals surface area contributed by atoms with Gasteiger partial charge in [-0.2, -0.15) is 11.3 Å². The van der Waals surface area contributed by atoms with E-state index in [1.54, 1.807) is 23.5 Å². The lowest BCUT2D eigenvalue weighted by Gasteiger charge is -2.05. The summed E-state index contributed by atoms with van der Waals surface area (Å²) < 4.78 is 5.35. The van der Waals surface area contributed by atoms with Gasteiger partial charge >= 0.3 is 0 Å². The highest BCUT2D eigenvalue weighted by Gasteiger charge is 2.13. The fourth-order valence-corrected chi connectivity index (χ4v) is 1.96. The maximum Gasteiger partial charge on any atom is 0.129 e. The maximum atomic E-state index is 8.83. The minimum atomic E-state index is -0.235. The largest absolute Gasteiger partial charge is 0.462 e. The smallest absolute Gasteiger partial charge is 0.129 e. The van der Waals surface area contributed by atoms with E-state index < -0.39 is 0 Å². The Labute approximate surface area is 97.9 Å². The summed E-state index contributed by atoms with van der Waals surface area (Å²) in [7, 11) is 0. The van der Waals surface area contributed by atoms with E-state index in [-0.39, 0.29) is 25.1 Å². The van der Waals surface area contributed by atoms with Crippen LogP contribution in [0.2, 0.25) is 0 Å². The van der Waals surface area contributed by atoms with Gasteiger partial charge in [0.05, 0.1) is 6.04 Å². The van der Waals surface area contributed by atoms with E-state index in [4.69, 9.17) is 15.3 Å². The molecule has 2 aromatic rings. The zero-order valence-electron chi connectivity index (χ0n) is 7.92. The van der Waals surface area contributed by atoms with E-state index in [9.17, 15) is 0 Å². The van der Waals surface area contributed by atoms with Gasteiger partial charge in [0.15, 0.2) is 0 Å². The van der Waals surface area contributed by atoms with Gasteiger partial charge in [-0.05, 0) is 34.5 Å². The Bertz CT molecular complexity index is 399. The molecule has 3 N–H and O–H groups in total. The van der Waals surface area contributed by atoms with Crippen LogP contribution >= 0.6 is 23.7 Å². The van der Waals surface area contributed by atoms with Crippen molar-refractivity contribution in [2.45, 2.75) is 12.6 Å². The second-order valence-corrected chi connectivity index (χ2v) is 3.78. The van der Waals surface area contributed by atoms with Crippen molar-refractivity contribution in [1.29, 1.82) is 0 Å². The first-order chi connectivity index (χ1) is 6.81.